The lowest BCUT2D eigenvalue weighted by molar-refractivity contribution is 0.892. The van der Waals surface area contributed by atoms with Crippen LogP contribution in [0.3, 0.4) is 0 Å². The number of nitrogens with zero attached hydrogens (tertiary/aromatic N) is 2. The third kappa shape index (κ3) is 1.08. The smallest absolute Gasteiger partial charge is 0.326 e. The summed E-state index contributed by atoms with van der Waals surface area (Å²) in [5.74, 6) is 0. The van der Waals surface area contributed by atoms with Gasteiger partial charge in [0, 0.05) is 7.05 Å². The molecule has 2 aromatic heterocycles. The number of imidazole rings is 1. The maximum atomic E-state index is 11.4. The molecule has 0 spiro atoms. The lowest BCUT2D eigenvalue weighted by Gasteiger charge is -1.92. The first-order valence-corrected chi connectivity index (χ1v) is 5.21. The third-order valence-corrected chi connectivity index (χ3v) is 3.28. The molecule has 15 heavy (non-hydrogen) atoms. The van der Waals surface area contributed by atoms with Gasteiger partial charge in [0.15, 0.2) is 5.13 Å². The van der Waals surface area contributed by atoms with Crippen LogP contribution in [-0.4, -0.2) is 14.5 Å². The summed E-state index contributed by atoms with van der Waals surface area (Å²) in [6, 6.07) is 3.77. The molecule has 0 amide bonds. The highest BCUT2D eigenvalue weighted by Crippen LogP contribution is 2.26. The molecule has 2 heterocycles. The van der Waals surface area contributed by atoms with E-state index < -0.39 is 0 Å². The van der Waals surface area contributed by atoms with Crippen molar-refractivity contribution in [3.05, 3.63) is 22.6 Å². The Labute approximate surface area is 88.2 Å². The van der Waals surface area contributed by atoms with Crippen LogP contribution >= 0.6 is 11.3 Å². The number of hydrogen-bond donors (Lipinski definition) is 2. The summed E-state index contributed by atoms with van der Waals surface area (Å²) in [6.07, 6.45) is 0. The monoisotopic (exact) mass is 220 g/mol. The van der Waals surface area contributed by atoms with Crippen LogP contribution < -0.4 is 11.4 Å². The van der Waals surface area contributed by atoms with Crippen molar-refractivity contribution in [3.63, 3.8) is 0 Å². The predicted molar refractivity (Wildman–Crippen MR) is 61.1 cm³/mol. The SMILES string of the molecule is Cn1c(=O)[nH]c2cc3nc(N)sc3cc21. The predicted octanol–water partition coefficient (Wildman–Crippen LogP) is 1.06. The van der Waals surface area contributed by atoms with E-state index in [-0.39, 0.29) is 5.69 Å². The van der Waals surface area contributed by atoms with Crippen LogP contribution in [0, 0.1) is 0 Å². The van der Waals surface area contributed by atoms with Crippen molar-refractivity contribution in [2.75, 3.05) is 5.73 Å². The third-order valence-electron chi connectivity index (χ3n) is 2.43. The lowest BCUT2D eigenvalue weighted by atomic mass is 10.3. The second-order valence-electron chi connectivity index (χ2n) is 3.38. The van der Waals surface area contributed by atoms with Gasteiger partial charge in [-0.05, 0) is 12.1 Å². The van der Waals surface area contributed by atoms with Crippen LogP contribution in [0.1, 0.15) is 0 Å². The van der Waals surface area contributed by atoms with Crippen molar-refractivity contribution in [3.8, 4) is 0 Å². The lowest BCUT2D eigenvalue weighted by Crippen LogP contribution is -2.11. The molecule has 0 saturated heterocycles. The van der Waals surface area contributed by atoms with E-state index in [2.05, 4.69) is 9.97 Å². The molecule has 3 N–H and O–H groups in total. The minimum atomic E-state index is -0.115. The fourth-order valence-electron chi connectivity index (χ4n) is 1.67. The number of aromatic nitrogens is 3. The Morgan fingerprint density at radius 2 is 2.33 bits per heavy atom. The largest absolute Gasteiger partial charge is 0.375 e. The molecule has 0 aliphatic heterocycles. The number of nitrogen functional groups attached to an aromatic ring is 1. The van der Waals surface area contributed by atoms with Gasteiger partial charge in [-0.1, -0.05) is 11.3 Å². The average Bonchev–Trinajstić information content (AvgIpc) is 2.65. The number of benzene rings is 1. The van der Waals surface area contributed by atoms with Crippen molar-refractivity contribution in [2.45, 2.75) is 0 Å². The van der Waals surface area contributed by atoms with Gasteiger partial charge >= 0.3 is 5.69 Å². The summed E-state index contributed by atoms with van der Waals surface area (Å²) in [6.45, 7) is 0. The summed E-state index contributed by atoms with van der Waals surface area (Å²) in [7, 11) is 1.73. The highest BCUT2D eigenvalue weighted by atomic mass is 32.1. The van der Waals surface area contributed by atoms with Crippen LogP contribution in [0.25, 0.3) is 21.3 Å². The molecule has 3 aromatic rings. The number of H-pyrrole nitrogens is 1. The average molecular weight is 220 g/mol. The van der Waals surface area contributed by atoms with Gasteiger partial charge in [-0.15, -0.1) is 0 Å². The second-order valence-corrected chi connectivity index (χ2v) is 4.44. The van der Waals surface area contributed by atoms with E-state index in [1.165, 1.54) is 11.3 Å². The van der Waals surface area contributed by atoms with E-state index in [0.717, 1.165) is 21.3 Å². The van der Waals surface area contributed by atoms with Crippen LogP contribution in [0.15, 0.2) is 16.9 Å². The van der Waals surface area contributed by atoms with Gasteiger partial charge in [0.1, 0.15) is 0 Å². The first-order chi connectivity index (χ1) is 7.15. The van der Waals surface area contributed by atoms with E-state index in [0.29, 0.717) is 5.13 Å². The fraction of sp³-hybridized carbons (Fsp3) is 0.111. The molecule has 76 valence electrons. The summed E-state index contributed by atoms with van der Waals surface area (Å²) < 4.78 is 2.57. The maximum Gasteiger partial charge on any atom is 0.326 e. The molecule has 0 unspecified atom stereocenters. The standard InChI is InChI=1S/C9H8N4OS/c1-13-6-3-7-5(11-8(10)15-7)2-4(6)12-9(13)14/h2-3H,1H3,(H2,10,11)(H,12,14). The highest BCUT2D eigenvalue weighted by Gasteiger charge is 2.07. The topological polar surface area (TPSA) is 76.7 Å². The minimum absolute atomic E-state index is 0.115. The molecule has 1 aromatic carbocycles. The summed E-state index contributed by atoms with van der Waals surface area (Å²) in [5.41, 5.74) is 7.99. The van der Waals surface area contributed by atoms with Crippen molar-refractivity contribution >= 4 is 37.7 Å². The number of hydrogen-bond acceptors (Lipinski definition) is 4. The summed E-state index contributed by atoms with van der Waals surface area (Å²) >= 11 is 1.42. The molecular weight excluding hydrogens is 212 g/mol. The molecule has 0 bridgehead atoms. The Balaban J connectivity index is 2.56. The van der Waals surface area contributed by atoms with Gasteiger partial charge in [-0.3, -0.25) is 4.57 Å². The number of nitrogens with one attached hydrogen (secondary N) is 1. The molecular formula is C9H8N4OS. The number of aryl methyl sites for hydroxylation is 1. The quantitative estimate of drug-likeness (QED) is 0.594. The zero-order valence-electron chi connectivity index (χ0n) is 7.94. The van der Waals surface area contributed by atoms with Gasteiger partial charge < -0.3 is 10.7 Å². The van der Waals surface area contributed by atoms with Crippen molar-refractivity contribution in [2.24, 2.45) is 7.05 Å². The zero-order chi connectivity index (χ0) is 10.6. The van der Waals surface area contributed by atoms with Crippen LogP contribution in [0.4, 0.5) is 5.13 Å². The normalized spacial score (nSPS) is 11.5. The van der Waals surface area contributed by atoms with Crippen molar-refractivity contribution < 1.29 is 0 Å². The van der Waals surface area contributed by atoms with Crippen molar-refractivity contribution in [1.82, 2.24) is 14.5 Å². The van der Waals surface area contributed by atoms with E-state index in [4.69, 9.17) is 5.73 Å². The maximum absolute atomic E-state index is 11.4. The highest BCUT2D eigenvalue weighted by molar-refractivity contribution is 7.22. The molecule has 0 aliphatic carbocycles. The molecule has 0 radical (unpaired) electrons. The van der Waals surface area contributed by atoms with Gasteiger partial charge in [0.05, 0.1) is 21.3 Å². The minimum Gasteiger partial charge on any atom is -0.375 e. The van der Waals surface area contributed by atoms with E-state index in [1.807, 2.05) is 12.1 Å². The Kier molecular flexibility index (Phi) is 1.47. The Bertz CT molecular complexity index is 721. The number of rotatable bonds is 0. The molecule has 0 fully saturated rings. The number of nitrogens with two attached hydrogens (primary N) is 1. The molecule has 0 saturated carbocycles. The number of fused-ring (bicyclic) bond motifs is 2. The Hall–Kier alpha value is -1.82. The zero-order valence-corrected chi connectivity index (χ0v) is 8.76. The fourth-order valence-corrected chi connectivity index (χ4v) is 2.42. The molecule has 5 nitrogen and oxygen atoms in total. The molecule has 3 rings (SSSR count). The Morgan fingerprint density at radius 3 is 3.13 bits per heavy atom. The second kappa shape index (κ2) is 2.60. The van der Waals surface area contributed by atoms with Crippen molar-refractivity contribution in [1.29, 1.82) is 0 Å². The summed E-state index contributed by atoms with van der Waals surface area (Å²) in [4.78, 5) is 18.3. The summed E-state index contributed by atoms with van der Waals surface area (Å²) in [5, 5.41) is 0.544. The van der Waals surface area contributed by atoms with E-state index >= 15 is 0 Å². The number of aromatic amines is 1. The van der Waals surface area contributed by atoms with Crippen LogP contribution in [-0.2, 0) is 7.05 Å². The van der Waals surface area contributed by atoms with Gasteiger partial charge in [0.25, 0.3) is 0 Å². The molecule has 0 aliphatic rings. The molecule has 0 atom stereocenters. The van der Waals surface area contributed by atoms with Gasteiger partial charge in [-0.25, -0.2) is 9.78 Å². The van der Waals surface area contributed by atoms with Gasteiger partial charge in [0.2, 0.25) is 0 Å². The Morgan fingerprint density at radius 1 is 1.53 bits per heavy atom. The number of anilines is 1. The number of thiazole rings is 1. The van der Waals surface area contributed by atoms with Crippen LogP contribution in [0.2, 0.25) is 0 Å². The molecule has 6 heteroatoms. The first kappa shape index (κ1) is 8.49. The van der Waals surface area contributed by atoms with Gasteiger partial charge in [-0.2, -0.15) is 0 Å². The first-order valence-electron chi connectivity index (χ1n) is 4.40. The van der Waals surface area contributed by atoms with E-state index in [9.17, 15) is 4.79 Å². The van der Waals surface area contributed by atoms with E-state index in [1.54, 1.807) is 11.6 Å². The van der Waals surface area contributed by atoms with Crippen LogP contribution in [0.5, 0.6) is 0 Å².